The van der Waals surface area contributed by atoms with Crippen LogP contribution in [0.3, 0.4) is 0 Å². The molecule has 1 aromatic rings. The van der Waals surface area contributed by atoms with Gasteiger partial charge < -0.3 is 9.64 Å². The first-order valence-electron chi connectivity index (χ1n) is 5.90. The number of benzene rings is 1. The van der Waals surface area contributed by atoms with Crippen LogP contribution in [0.5, 0.6) is 5.75 Å². The lowest BCUT2D eigenvalue weighted by molar-refractivity contribution is 0.141. The molecule has 0 saturated carbocycles. The molecule has 0 aliphatic carbocycles. The average Bonchev–Trinajstić information content (AvgIpc) is 2.64. The molecule has 1 aliphatic rings. The number of rotatable bonds is 3. The van der Waals surface area contributed by atoms with Crippen LogP contribution in [0.25, 0.3) is 0 Å². The fourth-order valence-electron chi connectivity index (χ4n) is 1.97. The third kappa shape index (κ3) is 2.51. The van der Waals surface area contributed by atoms with E-state index in [1.165, 1.54) is 5.56 Å². The van der Waals surface area contributed by atoms with Gasteiger partial charge in [-0.05, 0) is 44.6 Å². The maximum atomic E-state index is 5.95. The third-order valence-electron chi connectivity index (χ3n) is 3.02. The Morgan fingerprint density at radius 1 is 1.39 bits per heavy atom. The molecule has 0 saturated heterocycles. The van der Waals surface area contributed by atoms with E-state index in [0.717, 1.165) is 11.3 Å². The van der Waals surface area contributed by atoms with Gasteiger partial charge in [0.05, 0.1) is 0 Å². The Balaban J connectivity index is 2.10. The van der Waals surface area contributed by atoms with Gasteiger partial charge in [0.15, 0.2) is 6.17 Å². The topological polar surface area (TPSA) is 37.2 Å². The molecule has 0 amide bonds. The molecule has 1 aliphatic heterocycles. The van der Waals surface area contributed by atoms with Crippen molar-refractivity contribution in [3.05, 3.63) is 29.3 Å². The van der Waals surface area contributed by atoms with E-state index < -0.39 is 0 Å². The number of likely N-dealkylation sites (N-methyl/N-ethyl adjacent to an activating group) is 1. The maximum absolute atomic E-state index is 5.95. The molecule has 0 spiro atoms. The van der Waals surface area contributed by atoms with Crippen molar-refractivity contribution >= 4 is 17.3 Å². The van der Waals surface area contributed by atoms with Crippen molar-refractivity contribution < 1.29 is 4.74 Å². The van der Waals surface area contributed by atoms with Gasteiger partial charge in [0.25, 0.3) is 0 Å². The summed E-state index contributed by atoms with van der Waals surface area (Å²) in [6.45, 7) is 6.09. The number of nitrogens with zero attached hydrogens (tertiary/aromatic N) is 3. The first kappa shape index (κ1) is 13.0. The van der Waals surface area contributed by atoms with Crippen LogP contribution in [0.4, 0.5) is 0 Å². The smallest absolute Gasteiger partial charge is 0.217 e. The van der Waals surface area contributed by atoms with Crippen LogP contribution in [0, 0.1) is 13.8 Å². The van der Waals surface area contributed by atoms with Gasteiger partial charge in [0.2, 0.25) is 5.11 Å². The standard InChI is InChI=1S/C13H17N3OS/c1-8-5-6-11(9(2)7-8)17-10(3)12-14-15-13(18)16(12)4/h5-7,10,12H,1-4H3. The molecular weight excluding hydrogens is 246 g/mol. The molecule has 0 radical (unpaired) electrons. The zero-order valence-electron chi connectivity index (χ0n) is 11.0. The minimum atomic E-state index is -0.141. The van der Waals surface area contributed by atoms with Gasteiger partial charge in [-0.25, -0.2) is 0 Å². The summed E-state index contributed by atoms with van der Waals surface area (Å²) in [4.78, 5) is 1.85. The minimum absolute atomic E-state index is 0.0967. The summed E-state index contributed by atoms with van der Waals surface area (Å²) in [7, 11) is 1.88. The second-order valence-corrected chi connectivity index (χ2v) is 4.98. The number of ether oxygens (including phenoxy) is 1. The van der Waals surface area contributed by atoms with E-state index in [2.05, 4.69) is 23.2 Å². The highest BCUT2D eigenvalue weighted by atomic mass is 32.1. The Kier molecular flexibility index (Phi) is 3.61. The Morgan fingerprint density at radius 2 is 2.11 bits per heavy atom. The molecule has 0 fully saturated rings. The summed E-state index contributed by atoms with van der Waals surface area (Å²) in [5.41, 5.74) is 2.35. The fourth-order valence-corrected chi connectivity index (χ4v) is 2.13. The molecule has 18 heavy (non-hydrogen) atoms. The van der Waals surface area contributed by atoms with Gasteiger partial charge >= 0.3 is 0 Å². The summed E-state index contributed by atoms with van der Waals surface area (Å²) in [5, 5.41) is 8.54. The zero-order chi connectivity index (χ0) is 13.3. The number of azo groups is 1. The van der Waals surface area contributed by atoms with Crippen LogP contribution >= 0.6 is 12.2 Å². The lowest BCUT2D eigenvalue weighted by Gasteiger charge is -2.25. The van der Waals surface area contributed by atoms with E-state index in [0.29, 0.717) is 5.11 Å². The summed E-state index contributed by atoms with van der Waals surface area (Å²) in [6.07, 6.45) is -0.237. The molecule has 96 valence electrons. The summed E-state index contributed by atoms with van der Waals surface area (Å²) in [6, 6.07) is 6.14. The van der Waals surface area contributed by atoms with Gasteiger partial charge in [-0.2, -0.15) is 5.11 Å². The zero-order valence-corrected chi connectivity index (χ0v) is 11.9. The number of hydrogen-bond donors (Lipinski definition) is 0. The van der Waals surface area contributed by atoms with Crippen molar-refractivity contribution in [2.75, 3.05) is 7.05 Å². The van der Waals surface area contributed by atoms with Crippen molar-refractivity contribution in [2.45, 2.75) is 33.0 Å². The fraction of sp³-hybridized carbons (Fsp3) is 0.462. The van der Waals surface area contributed by atoms with Crippen LogP contribution in [0.2, 0.25) is 0 Å². The second-order valence-electron chi connectivity index (χ2n) is 4.61. The van der Waals surface area contributed by atoms with Crippen molar-refractivity contribution in [1.29, 1.82) is 0 Å². The predicted octanol–water partition coefficient (Wildman–Crippen LogP) is 3.08. The SMILES string of the molecule is Cc1ccc(OC(C)C2N=NC(=S)N2C)c(C)c1. The maximum Gasteiger partial charge on any atom is 0.217 e. The van der Waals surface area contributed by atoms with Crippen LogP contribution in [-0.4, -0.2) is 29.3 Å². The first-order valence-corrected chi connectivity index (χ1v) is 6.31. The average molecular weight is 263 g/mol. The Labute approximate surface area is 113 Å². The molecule has 1 heterocycles. The molecular formula is C13H17N3OS. The normalized spacial score (nSPS) is 20.3. The van der Waals surface area contributed by atoms with Gasteiger partial charge in [-0.3, -0.25) is 0 Å². The molecule has 4 nitrogen and oxygen atoms in total. The molecule has 0 N–H and O–H groups in total. The third-order valence-corrected chi connectivity index (χ3v) is 3.39. The van der Waals surface area contributed by atoms with E-state index in [4.69, 9.17) is 17.0 Å². The highest BCUT2D eigenvalue weighted by molar-refractivity contribution is 7.80. The van der Waals surface area contributed by atoms with Crippen molar-refractivity contribution in [3.8, 4) is 5.75 Å². The summed E-state index contributed by atoms with van der Waals surface area (Å²) < 4.78 is 5.95. The Morgan fingerprint density at radius 3 is 2.67 bits per heavy atom. The van der Waals surface area contributed by atoms with Crippen molar-refractivity contribution in [2.24, 2.45) is 10.2 Å². The molecule has 2 rings (SSSR count). The Hall–Kier alpha value is -1.49. The molecule has 5 heteroatoms. The number of thiocarbonyl (C=S) groups is 1. The summed E-state index contributed by atoms with van der Waals surface area (Å²) in [5.74, 6) is 0.884. The van der Waals surface area contributed by atoms with Crippen LogP contribution < -0.4 is 4.74 Å². The van der Waals surface area contributed by atoms with Gasteiger partial charge in [0, 0.05) is 7.05 Å². The van der Waals surface area contributed by atoms with E-state index in [1.807, 2.05) is 37.9 Å². The van der Waals surface area contributed by atoms with E-state index in [1.54, 1.807) is 0 Å². The van der Waals surface area contributed by atoms with Crippen LogP contribution in [-0.2, 0) is 0 Å². The number of hydrogen-bond acceptors (Lipinski definition) is 3. The lowest BCUT2D eigenvalue weighted by atomic mass is 10.1. The van der Waals surface area contributed by atoms with Crippen LogP contribution in [0.15, 0.2) is 28.4 Å². The van der Waals surface area contributed by atoms with Gasteiger partial charge in [-0.1, -0.05) is 17.7 Å². The molecule has 1 aromatic carbocycles. The second kappa shape index (κ2) is 5.02. The van der Waals surface area contributed by atoms with Gasteiger partial charge in [0.1, 0.15) is 11.9 Å². The monoisotopic (exact) mass is 263 g/mol. The quantitative estimate of drug-likeness (QED) is 0.786. The molecule has 2 atom stereocenters. The lowest BCUT2D eigenvalue weighted by Crippen LogP contribution is -2.39. The molecule has 0 bridgehead atoms. The van der Waals surface area contributed by atoms with Crippen molar-refractivity contribution in [3.63, 3.8) is 0 Å². The Bertz CT molecular complexity index is 501. The van der Waals surface area contributed by atoms with E-state index >= 15 is 0 Å². The number of aryl methyl sites for hydroxylation is 2. The minimum Gasteiger partial charge on any atom is -0.486 e. The summed E-state index contributed by atoms with van der Waals surface area (Å²) >= 11 is 5.06. The van der Waals surface area contributed by atoms with Crippen molar-refractivity contribution in [1.82, 2.24) is 4.90 Å². The van der Waals surface area contributed by atoms with E-state index in [-0.39, 0.29) is 12.3 Å². The molecule has 2 unspecified atom stereocenters. The predicted molar refractivity (Wildman–Crippen MR) is 75.0 cm³/mol. The largest absolute Gasteiger partial charge is 0.486 e. The molecule has 0 aromatic heterocycles. The van der Waals surface area contributed by atoms with Crippen LogP contribution in [0.1, 0.15) is 18.1 Å². The highest BCUT2D eigenvalue weighted by Gasteiger charge is 2.29. The highest BCUT2D eigenvalue weighted by Crippen LogP contribution is 2.23. The first-order chi connectivity index (χ1) is 8.49. The van der Waals surface area contributed by atoms with E-state index in [9.17, 15) is 0 Å². The van der Waals surface area contributed by atoms with Gasteiger partial charge in [-0.15, -0.1) is 5.11 Å².